The van der Waals surface area contributed by atoms with Crippen LogP contribution in [0.25, 0.3) is 5.76 Å². The molecule has 10 nitrogen and oxygen atoms in total. The van der Waals surface area contributed by atoms with Crippen LogP contribution in [0.2, 0.25) is 18.1 Å². The van der Waals surface area contributed by atoms with Gasteiger partial charge in [-0.15, -0.1) is 0 Å². The first-order valence-corrected chi connectivity index (χ1v) is 23.3. The molecule has 2 fully saturated rings. The van der Waals surface area contributed by atoms with Gasteiger partial charge in [-0.3, -0.25) is 14.5 Å². The first kappa shape index (κ1) is 39.5. The monoisotopic (exact) mass is 858 g/mol. The van der Waals surface area contributed by atoms with Crippen molar-refractivity contribution in [3.8, 4) is 17.4 Å². The summed E-state index contributed by atoms with van der Waals surface area (Å²) < 4.78 is 48.3. The first-order chi connectivity index (χ1) is 27.2. The molecule has 1 saturated heterocycles. The molecule has 0 spiro atoms. The Morgan fingerprint density at radius 1 is 0.947 bits per heavy atom. The molecule has 0 amide bonds. The van der Waals surface area contributed by atoms with Crippen molar-refractivity contribution in [3.05, 3.63) is 110 Å². The van der Waals surface area contributed by atoms with Gasteiger partial charge in [0.2, 0.25) is 11.6 Å². The van der Waals surface area contributed by atoms with Crippen molar-refractivity contribution in [1.82, 2.24) is 10.1 Å². The van der Waals surface area contributed by atoms with Gasteiger partial charge in [-0.1, -0.05) is 81.4 Å². The smallest absolute Gasteiger partial charge is 0.265 e. The molecular weight excluding hydrogens is 811 g/mol. The normalized spacial score (nSPS) is 23.5. The number of carbonyl (C=O) groups excluding carboxylic acids is 2. The SMILES string of the molecule is COc1c(F)c2c(c(OCc3ccccc3)c1Br)C(O)=C1C(=O)[C@]3(O[Si](C)(C)C(C)(C)C)C(=O)c4c(OCc5ccccc5)noc4[C@@H](N4CCCC4)[C@@H]3C[C@@H]1C2. The van der Waals surface area contributed by atoms with Crippen LogP contribution >= 0.6 is 15.9 Å². The minimum absolute atomic E-state index is 0.00323. The topological polar surface area (TPSA) is 121 Å². The van der Waals surface area contributed by atoms with Crippen LogP contribution in [0.4, 0.5) is 4.39 Å². The number of hydrogen-bond acceptors (Lipinski definition) is 10. The van der Waals surface area contributed by atoms with Gasteiger partial charge >= 0.3 is 0 Å². The maximum Gasteiger partial charge on any atom is 0.265 e. The van der Waals surface area contributed by atoms with Crippen LogP contribution < -0.4 is 14.2 Å². The van der Waals surface area contributed by atoms with Crippen molar-refractivity contribution < 1.29 is 42.2 Å². The second-order valence-electron chi connectivity index (χ2n) is 17.1. The van der Waals surface area contributed by atoms with E-state index in [-0.39, 0.29) is 70.2 Å². The Balaban J connectivity index is 1.33. The zero-order chi connectivity index (χ0) is 40.4. The van der Waals surface area contributed by atoms with Crippen LogP contribution in [0.1, 0.15) is 84.4 Å². The van der Waals surface area contributed by atoms with Crippen LogP contribution in [0.3, 0.4) is 0 Å². The Morgan fingerprint density at radius 3 is 2.16 bits per heavy atom. The van der Waals surface area contributed by atoms with E-state index in [9.17, 15) is 5.11 Å². The Kier molecular flexibility index (Phi) is 10.3. The highest BCUT2D eigenvalue weighted by Gasteiger charge is 2.69. The number of nitrogens with zero attached hydrogens (tertiary/aromatic N) is 2. The van der Waals surface area contributed by atoms with Gasteiger partial charge in [-0.05, 0) is 95.0 Å². The maximum atomic E-state index is 16.6. The lowest BCUT2D eigenvalue weighted by Gasteiger charge is -2.55. The highest BCUT2D eigenvalue weighted by atomic mass is 79.9. The van der Waals surface area contributed by atoms with E-state index in [1.165, 1.54) is 7.11 Å². The molecule has 1 aliphatic heterocycles. The second-order valence-corrected chi connectivity index (χ2v) is 22.6. The summed E-state index contributed by atoms with van der Waals surface area (Å²) in [5, 5.41) is 16.4. The molecule has 8 rings (SSSR count). The van der Waals surface area contributed by atoms with E-state index in [0.717, 1.165) is 24.0 Å². The third kappa shape index (κ3) is 6.45. The molecule has 300 valence electrons. The van der Waals surface area contributed by atoms with E-state index in [0.29, 0.717) is 18.8 Å². The van der Waals surface area contributed by atoms with Crippen molar-refractivity contribution in [2.75, 3.05) is 20.2 Å². The molecule has 0 radical (unpaired) electrons. The van der Waals surface area contributed by atoms with Gasteiger partial charge in [0.1, 0.15) is 34.8 Å². The maximum absolute atomic E-state index is 16.6. The summed E-state index contributed by atoms with van der Waals surface area (Å²) in [6.07, 6.45) is 2.14. The fourth-order valence-electron chi connectivity index (χ4n) is 8.87. The average molecular weight is 860 g/mol. The molecular formula is C44H48BrFN2O8Si. The van der Waals surface area contributed by atoms with Gasteiger partial charge < -0.3 is 28.3 Å². The lowest BCUT2D eigenvalue weighted by atomic mass is 9.57. The predicted molar refractivity (Wildman–Crippen MR) is 217 cm³/mol. The number of likely N-dealkylation sites (tertiary alicyclic amines) is 1. The second kappa shape index (κ2) is 14.8. The number of benzene rings is 3. The lowest BCUT2D eigenvalue weighted by molar-refractivity contribution is -0.141. The number of halogens is 2. The number of rotatable bonds is 10. The van der Waals surface area contributed by atoms with Gasteiger partial charge in [0.15, 0.2) is 31.2 Å². The fraction of sp³-hybridized carbons (Fsp3) is 0.432. The van der Waals surface area contributed by atoms with E-state index in [1.54, 1.807) is 0 Å². The van der Waals surface area contributed by atoms with Crippen molar-refractivity contribution in [3.63, 3.8) is 0 Å². The van der Waals surface area contributed by atoms with E-state index in [1.807, 2.05) is 73.8 Å². The van der Waals surface area contributed by atoms with Gasteiger partial charge in [-0.25, -0.2) is 4.39 Å². The molecule has 3 aliphatic carbocycles. The average Bonchev–Trinajstić information content (AvgIpc) is 3.87. The minimum atomic E-state index is -2.96. The number of aliphatic hydroxyl groups excluding tert-OH is 1. The Morgan fingerprint density at radius 2 is 1.56 bits per heavy atom. The van der Waals surface area contributed by atoms with Gasteiger partial charge in [0.05, 0.1) is 18.7 Å². The predicted octanol–water partition coefficient (Wildman–Crippen LogP) is 9.57. The minimum Gasteiger partial charge on any atom is -0.507 e. The zero-order valence-corrected chi connectivity index (χ0v) is 35.7. The number of Topliss-reactive ketones (excluding diaryl/α,β-unsaturated/α-hetero) is 2. The van der Waals surface area contributed by atoms with Gasteiger partial charge in [-0.2, -0.15) is 0 Å². The lowest BCUT2D eigenvalue weighted by Crippen LogP contribution is -2.68. The van der Waals surface area contributed by atoms with E-state index >= 15 is 14.0 Å². The number of ketones is 2. The fourth-order valence-corrected chi connectivity index (χ4v) is 11.0. The zero-order valence-electron chi connectivity index (χ0n) is 33.1. The first-order valence-electron chi connectivity index (χ1n) is 19.6. The summed E-state index contributed by atoms with van der Waals surface area (Å²) >= 11 is 3.49. The summed E-state index contributed by atoms with van der Waals surface area (Å²) in [6, 6.07) is 18.4. The quantitative estimate of drug-likeness (QED) is 0.122. The molecule has 1 N–H and O–H groups in total. The van der Waals surface area contributed by atoms with Crippen molar-refractivity contribution >= 4 is 41.6 Å². The van der Waals surface area contributed by atoms with Crippen LogP contribution in [0, 0.1) is 17.7 Å². The summed E-state index contributed by atoms with van der Waals surface area (Å²) in [5.41, 5.74) is -0.0161. The van der Waals surface area contributed by atoms with Gasteiger partial charge in [0.25, 0.3) is 5.88 Å². The summed E-state index contributed by atoms with van der Waals surface area (Å²) in [4.78, 5) is 33.8. The Hall–Kier alpha value is -4.30. The van der Waals surface area contributed by atoms with Crippen molar-refractivity contribution in [2.45, 2.75) is 89.4 Å². The highest BCUT2D eigenvalue weighted by molar-refractivity contribution is 9.10. The third-order valence-corrected chi connectivity index (χ3v) is 17.9. The molecule has 3 aromatic carbocycles. The standard InChI is InChI=1S/C44H48BrFN2O8Si/c1-43(2,3)57(5,6)56-44-29(35(48-19-13-14-20-48)38-32(41(44)51)42(47-55-38)54-24-26-17-11-8-12-18-26)22-27-21-28-31(36(49)30(27)40(44)50)37(33(45)39(52-4)34(28)46)53-23-25-15-9-7-10-16-25/h7-12,15-18,27,29,35,49H,13-14,19-24H2,1-6H3/t27-,29-,35-,44-/m0/s1. The molecule has 2 heterocycles. The van der Waals surface area contributed by atoms with Gasteiger partial charge in [0, 0.05) is 17.1 Å². The molecule has 1 aromatic heterocycles. The number of ether oxygens (including phenoxy) is 3. The Labute approximate surface area is 341 Å². The number of carbonyl (C=O) groups is 2. The molecule has 13 heteroatoms. The van der Waals surface area contributed by atoms with Crippen LogP contribution in [0.15, 0.2) is 75.2 Å². The van der Waals surface area contributed by atoms with Crippen LogP contribution in [-0.4, -0.2) is 60.8 Å². The van der Waals surface area contributed by atoms with E-state index in [4.69, 9.17) is 23.2 Å². The summed E-state index contributed by atoms with van der Waals surface area (Å²) in [7, 11) is -1.59. The molecule has 4 aromatic rings. The number of methoxy groups -OCH3 is 1. The number of hydrogen-bond donors (Lipinski definition) is 1. The summed E-state index contributed by atoms with van der Waals surface area (Å²) in [5.74, 6) is -3.32. The van der Waals surface area contributed by atoms with E-state index in [2.05, 4.69) is 46.8 Å². The van der Waals surface area contributed by atoms with Crippen LogP contribution in [-0.2, 0) is 28.9 Å². The largest absolute Gasteiger partial charge is 0.507 e. The number of aliphatic hydroxyl groups is 1. The van der Waals surface area contributed by atoms with Crippen molar-refractivity contribution in [2.24, 2.45) is 11.8 Å². The molecule has 57 heavy (non-hydrogen) atoms. The Bertz CT molecular complexity index is 2250. The number of aromatic nitrogens is 1. The molecule has 0 bridgehead atoms. The highest BCUT2D eigenvalue weighted by Crippen LogP contribution is 2.60. The van der Waals surface area contributed by atoms with E-state index < -0.39 is 60.0 Å². The molecule has 4 aliphatic rings. The summed E-state index contributed by atoms with van der Waals surface area (Å²) in [6.45, 7) is 11.9. The number of fused-ring (bicyclic) bond motifs is 4. The third-order valence-electron chi connectivity index (χ3n) is 12.7. The van der Waals surface area contributed by atoms with Crippen molar-refractivity contribution in [1.29, 1.82) is 0 Å². The molecule has 0 unspecified atom stereocenters. The molecule has 1 saturated carbocycles. The van der Waals surface area contributed by atoms with Crippen LogP contribution in [0.5, 0.6) is 17.4 Å². The molecule has 4 atom stereocenters.